The lowest BCUT2D eigenvalue weighted by atomic mass is 10.2. The minimum absolute atomic E-state index is 0.00966. The molecule has 0 radical (unpaired) electrons. The number of nitrogens with one attached hydrogen (secondary N) is 2. The van der Waals surface area contributed by atoms with E-state index in [1.807, 2.05) is 29.2 Å². The fourth-order valence-corrected chi connectivity index (χ4v) is 2.76. The minimum Gasteiger partial charge on any atom is -0.358 e. The molecule has 0 bridgehead atoms. The second-order valence-corrected chi connectivity index (χ2v) is 6.04. The van der Waals surface area contributed by atoms with Crippen LogP contribution in [0.2, 0.25) is 0 Å². The van der Waals surface area contributed by atoms with Gasteiger partial charge in [-0.15, -0.1) is 0 Å². The maximum absolute atomic E-state index is 12.0. The molecule has 5 nitrogen and oxygen atoms in total. The average molecular weight is 387 g/mol. The van der Waals surface area contributed by atoms with E-state index in [0.717, 1.165) is 28.6 Å². The molecule has 2 N–H and O–H groups in total. The number of likely N-dealkylation sites (tertiary alicyclic amines) is 1. The van der Waals surface area contributed by atoms with Crippen LogP contribution in [0.3, 0.4) is 0 Å². The number of rotatable bonds is 4. The zero-order valence-electron chi connectivity index (χ0n) is 11.4. The van der Waals surface area contributed by atoms with E-state index in [1.165, 1.54) is 0 Å². The molecule has 1 aromatic carbocycles. The quantitative estimate of drug-likeness (QED) is 0.769. The Balaban J connectivity index is 1.90. The van der Waals surface area contributed by atoms with Gasteiger partial charge in [-0.25, -0.2) is 0 Å². The van der Waals surface area contributed by atoms with Gasteiger partial charge >= 0.3 is 0 Å². The Morgan fingerprint density at radius 1 is 1.35 bits per heavy atom. The first kappa shape index (κ1) is 15.2. The first-order valence-corrected chi connectivity index (χ1v) is 7.69. The Morgan fingerprint density at radius 3 is 2.70 bits per heavy atom. The molecule has 1 aromatic rings. The molecule has 2 rings (SSSR count). The molecule has 1 unspecified atom stereocenters. The highest BCUT2D eigenvalue weighted by Gasteiger charge is 2.31. The lowest BCUT2D eigenvalue weighted by molar-refractivity contribution is -0.126. The minimum atomic E-state index is -0.178. The van der Waals surface area contributed by atoms with Gasteiger partial charge in [0.2, 0.25) is 11.8 Å². The molecule has 1 aliphatic rings. The Bertz CT molecular complexity index is 490. The number of benzene rings is 1. The Kier molecular flexibility index (Phi) is 5.36. The van der Waals surface area contributed by atoms with Crippen LogP contribution in [0.4, 0.5) is 5.69 Å². The van der Waals surface area contributed by atoms with Crippen LogP contribution in [0.1, 0.15) is 12.8 Å². The summed E-state index contributed by atoms with van der Waals surface area (Å²) in [7, 11) is 1.63. The summed E-state index contributed by atoms with van der Waals surface area (Å²) in [6, 6.07) is 7.46. The standard InChI is InChI=1S/C14H18IN3O2/c1-16-14(20)12-3-2-8-18(12)9-13(19)17-11-6-4-10(15)5-7-11/h4-7,12H,2-3,8-9H2,1H3,(H,16,20)(H,17,19). The summed E-state index contributed by atoms with van der Waals surface area (Å²) in [6.07, 6.45) is 1.77. The number of amides is 2. The molecule has 20 heavy (non-hydrogen) atoms. The van der Waals surface area contributed by atoms with Gasteiger partial charge in [0.15, 0.2) is 0 Å². The van der Waals surface area contributed by atoms with Crippen molar-refractivity contribution < 1.29 is 9.59 Å². The molecule has 1 fully saturated rings. The topological polar surface area (TPSA) is 61.4 Å². The Morgan fingerprint density at radius 2 is 2.05 bits per heavy atom. The largest absolute Gasteiger partial charge is 0.358 e. The first-order chi connectivity index (χ1) is 9.60. The van der Waals surface area contributed by atoms with E-state index >= 15 is 0 Å². The normalized spacial score (nSPS) is 18.8. The smallest absolute Gasteiger partial charge is 0.238 e. The molecule has 0 spiro atoms. The van der Waals surface area contributed by atoms with Gasteiger partial charge in [-0.3, -0.25) is 14.5 Å². The lowest BCUT2D eigenvalue weighted by Crippen LogP contribution is -2.45. The molecular weight excluding hydrogens is 369 g/mol. The predicted molar refractivity (Wildman–Crippen MR) is 86.5 cm³/mol. The molecule has 1 aliphatic heterocycles. The third-order valence-electron chi connectivity index (χ3n) is 3.39. The van der Waals surface area contributed by atoms with Gasteiger partial charge in [-0.1, -0.05) is 0 Å². The highest BCUT2D eigenvalue weighted by molar-refractivity contribution is 14.1. The summed E-state index contributed by atoms with van der Waals surface area (Å²) in [6.45, 7) is 1.04. The first-order valence-electron chi connectivity index (χ1n) is 6.61. The van der Waals surface area contributed by atoms with Crippen molar-refractivity contribution in [2.45, 2.75) is 18.9 Å². The SMILES string of the molecule is CNC(=O)C1CCCN1CC(=O)Nc1ccc(I)cc1. The van der Waals surface area contributed by atoms with Crippen LogP contribution in [0.25, 0.3) is 0 Å². The van der Waals surface area contributed by atoms with Crippen molar-refractivity contribution >= 4 is 40.1 Å². The molecule has 0 aromatic heterocycles. The van der Waals surface area contributed by atoms with Crippen LogP contribution >= 0.6 is 22.6 Å². The second kappa shape index (κ2) is 7.03. The number of hydrogen-bond donors (Lipinski definition) is 2. The van der Waals surface area contributed by atoms with E-state index in [9.17, 15) is 9.59 Å². The van der Waals surface area contributed by atoms with Gasteiger partial charge < -0.3 is 10.6 Å². The van der Waals surface area contributed by atoms with Gasteiger partial charge in [-0.2, -0.15) is 0 Å². The van der Waals surface area contributed by atoms with E-state index in [1.54, 1.807) is 7.05 Å². The molecule has 1 saturated heterocycles. The fourth-order valence-electron chi connectivity index (χ4n) is 2.40. The van der Waals surface area contributed by atoms with Gasteiger partial charge in [0, 0.05) is 16.3 Å². The summed E-state index contributed by atoms with van der Waals surface area (Å²) in [4.78, 5) is 25.7. The number of halogens is 1. The van der Waals surface area contributed by atoms with E-state index in [4.69, 9.17) is 0 Å². The molecule has 1 heterocycles. The maximum Gasteiger partial charge on any atom is 0.238 e. The molecule has 6 heteroatoms. The van der Waals surface area contributed by atoms with Crippen LogP contribution in [-0.4, -0.2) is 42.9 Å². The number of likely N-dealkylation sites (N-methyl/N-ethyl adjacent to an activating group) is 1. The van der Waals surface area contributed by atoms with Crippen LogP contribution in [0.5, 0.6) is 0 Å². The zero-order chi connectivity index (χ0) is 14.5. The summed E-state index contributed by atoms with van der Waals surface area (Å²) in [5, 5.41) is 5.51. The van der Waals surface area contributed by atoms with E-state index in [-0.39, 0.29) is 24.4 Å². The summed E-state index contributed by atoms with van der Waals surface area (Å²) in [5.41, 5.74) is 0.783. The Hall–Kier alpha value is -1.15. The number of carbonyl (C=O) groups excluding carboxylic acids is 2. The van der Waals surface area contributed by atoms with Gasteiger partial charge in [-0.05, 0) is 66.2 Å². The lowest BCUT2D eigenvalue weighted by Gasteiger charge is -2.22. The van der Waals surface area contributed by atoms with Crippen LogP contribution < -0.4 is 10.6 Å². The molecule has 108 valence electrons. The summed E-state index contributed by atoms with van der Waals surface area (Å²) >= 11 is 2.22. The van der Waals surface area contributed by atoms with Crippen molar-refractivity contribution in [1.82, 2.24) is 10.2 Å². The monoisotopic (exact) mass is 387 g/mol. The highest BCUT2D eigenvalue weighted by atomic mass is 127. The van der Waals surface area contributed by atoms with Gasteiger partial charge in [0.25, 0.3) is 0 Å². The predicted octanol–water partition coefficient (Wildman–Crippen LogP) is 1.44. The van der Waals surface area contributed by atoms with Crippen LogP contribution in [0, 0.1) is 3.57 Å². The molecule has 0 aliphatic carbocycles. The summed E-state index contributed by atoms with van der Waals surface area (Å²) in [5.74, 6) is -0.0911. The second-order valence-electron chi connectivity index (χ2n) is 4.80. The van der Waals surface area contributed by atoms with Crippen LogP contribution in [-0.2, 0) is 9.59 Å². The maximum atomic E-state index is 12.0. The third-order valence-corrected chi connectivity index (χ3v) is 4.11. The number of nitrogens with zero attached hydrogens (tertiary/aromatic N) is 1. The van der Waals surface area contributed by atoms with Crippen molar-refractivity contribution in [3.8, 4) is 0 Å². The number of anilines is 1. The third kappa shape index (κ3) is 3.92. The highest BCUT2D eigenvalue weighted by Crippen LogP contribution is 2.17. The molecule has 1 atom stereocenters. The summed E-state index contributed by atoms with van der Waals surface area (Å²) < 4.78 is 1.12. The zero-order valence-corrected chi connectivity index (χ0v) is 13.5. The number of carbonyl (C=O) groups is 2. The van der Waals surface area contributed by atoms with Gasteiger partial charge in [0.1, 0.15) is 0 Å². The van der Waals surface area contributed by atoms with Crippen molar-refractivity contribution in [1.29, 1.82) is 0 Å². The van der Waals surface area contributed by atoms with E-state index < -0.39 is 0 Å². The Labute approximate surface area is 132 Å². The van der Waals surface area contributed by atoms with Crippen molar-refractivity contribution in [2.75, 3.05) is 25.5 Å². The van der Waals surface area contributed by atoms with E-state index in [0.29, 0.717) is 0 Å². The van der Waals surface area contributed by atoms with Crippen molar-refractivity contribution in [3.05, 3.63) is 27.8 Å². The average Bonchev–Trinajstić information content (AvgIpc) is 2.88. The molecule has 2 amide bonds. The van der Waals surface area contributed by atoms with E-state index in [2.05, 4.69) is 33.2 Å². The van der Waals surface area contributed by atoms with Crippen molar-refractivity contribution in [3.63, 3.8) is 0 Å². The fraction of sp³-hybridized carbons (Fsp3) is 0.429. The number of hydrogen-bond acceptors (Lipinski definition) is 3. The van der Waals surface area contributed by atoms with Crippen LogP contribution in [0.15, 0.2) is 24.3 Å². The van der Waals surface area contributed by atoms with Gasteiger partial charge in [0.05, 0.1) is 12.6 Å². The molecular formula is C14H18IN3O2. The molecule has 0 saturated carbocycles. The van der Waals surface area contributed by atoms with Crippen molar-refractivity contribution in [2.24, 2.45) is 0 Å².